The smallest absolute Gasteiger partial charge is 0.131 e. The average Bonchev–Trinajstić information content (AvgIpc) is 3.21. The zero-order valence-corrected chi connectivity index (χ0v) is 18.1. The van der Waals surface area contributed by atoms with E-state index >= 15 is 0 Å². The van der Waals surface area contributed by atoms with E-state index in [2.05, 4.69) is 50.9 Å². The molecule has 2 rings (SSSR count). The molecule has 2 nitrogen and oxygen atoms in total. The molecule has 1 aromatic rings. The van der Waals surface area contributed by atoms with Crippen molar-refractivity contribution in [1.82, 2.24) is 4.90 Å². The number of hydrogen-bond donors (Lipinski definition) is 0. The lowest BCUT2D eigenvalue weighted by molar-refractivity contribution is 0.339. The van der Waals surface area contributed by atoms with E-state index in [1.54, 1.807) is 0 Å². The molecule has 2 heterocycles. The summed E-state index contributed by atoms with van der Waals surface area (Å²) in [7, 11) is -2.78. The van der Waals surface area contributed by atoms with Gasteiger partial charge in [0.15, 0.2) is 0 Å². The van der Waals surface area contributed by atoms with Gasteiger partial charge in [0.1, 0.15) is 16.1 Å². The lowest BCUT2D eigenvalue weighted by atomic mass is 10.4. The zero-order chi connectivity index (χ0) is 16.9. The van der Waals surface area contributed by atoms with Gasteiger partial charge in [0.25, 0.3) is 0 Å². The molecule has 0 aromatic carbocycles. The molecule has 0 radical (unpaired) electrons. The van der Waals surface area contributed by atoms with Crippen molar-refractivity contribution < 1.29 is 4.42 Å². The summed E-state index contributed by atoms with van der Waals surface area (Å²) in [5.74, 6) is 0. The fourth-order valence-corrected chi connectivity index (χ4v) is 9.75. The minimum Gasteiger partial charge on any atom is -0.476 e. The first-order chi connectivity index (χ1) is 11.0. The Morgan fingerprint density at radius 3 is 2.09 bits per heavy atom. The van der Waals surface area contributed by atoms with Crippen molar-refractivity contribution >= 4 is 26.9 Å². The zero-order valence-electron chi connectivity index (χ0n) is 16.1. The summed E-state index contributed by atoms with van der Waals surface area (Å²) in [6.07, 6.45) is 4.15. The lowest BCUT2D eigenvalue weighted by Gasteiger charge is -2.26. The van der Waals surface area contributed by atoms with Crippen molar-refractivity contribution in [3.63, 3.8) is 0 Å². The van der Waals surface area contributed by atoms with Crippen LogP contribution in [-0.2, 0) is 0 Å². The fraction of sp³-hybridized carbons (Fsp3) is 0.789. The first kappa shape index (κ1) is 19.0. The third-order valence-corrected chi connectivity index (χ3v) is 14.9. The van der Waals surface area contributed by atoms with Crippen LogP contribution in [0.4, 0.5) is 0 Å². The Morgan fingerprint density at radius 2 is 1.52 bits per heavy atom. The Hall–Kier alpha value is -0.326. The van der Waals surface area contributed by atoms with Gasteiger partial charge in [-0.1, -0.05) is 52.0 Å². The molecule has 1 fully saturated rings. The van der Waals surface area contributed by atoms with Crippen molar-refractivity contribution in [2.24, 2.45) is 0 Å². The average molecular weight is 352 g/mol. The van der Waals surface area contributed by atoms with E-state index in [0.717, 1.165) is 0 Å². The van der Waals surface area contributed by atoms with Gasteiger partial charge in [-0.2, -0.15) is 0 Å². The van der Waals surface area contributed by atoms with Gasteiger partial charge < -0.3 is 9.32 Å². The second-order valence-corrected chi connectivity index (χ2v) is 18.0. The molecule has 0 aliphatic carbocycles. The third kappa shape index (κ3) is 4.40. The van der Waals surface area contributed by atoms with Crippen LogP contribution in [0.15, 0.2) is 16.5 Å². The van der Waals surface area contributed by atoms with E-state index in [1.807, 2.05) is 0 Å². The van der Waals surface area contributed by atoms with E-state index in [1.165, 1.54) is 73.8 Å². The SMILES string of the molecule is CC[Si](CC)(CC)c1ccc([Si](C)(C)CCCN2CCCC2)o1. The quantitative estimate of drug-likeness (QED) is 0.613. The van der Waals surface area contributed by atoms with Crippen LogP contribution < -0.4 is 10.8 Å². The Morgan fingerprint density at radius 1 is 0.957 bits per heavy atom. The third-order valence-electron chi connectivity index (χ3n) is 6.30. The number of nitrogens with zero attached hydrogens (tertiary/aromatic N) is 1. The van der Waals surface area contributed by atoms with E-state index in [0.29, 0.717) is 0 Å². The number of furan rings is 1. The maximum absolute atomic E-state index is 6.52. The minimum absolute atomic E-state index is 1.29. The molecule has 0 bridgehead atoms. The Labute approximate surface area is 145 Å². The number of rotatable bonds is 9. The molecule has 0 N–H and O–H groups in total. The Kier molecular flexibility index (Phi) is 6.75. The van der Waals surface area contributed by atoms with E-state index in [-0.39, 0.29) is 0 Å². The van der Waals surface area contributed by atoms with Crippen LogP contribution in [0.3, 0.4) is 0 Å². The van der Waals surface area contributed by atoms with Crippen LogP contribution in [0.25, 0.3) is 0 Å². The highest BCUT2D eigenvalue weighted by atomic mass is 28.3. The highest BCUT2D eigenvalue weighted by molar-refractivity contribution is 6.92. The molecule has 4 heteroatoms. The van der Waals surface area contributed by atoms with Gasteiger partial charge >= 0.3 is 0 Å². The predicted molar refractivity (Wildman–Crippen MR) is 108 cm³/mol. The van der Waals surface area contributed by atoms with E-state index in [4.69, 9.17) is 4.42 Å². The molecule has 1 saturated heterocycles. The van der Waals surface area contributed by atoms with Crippen LogP contribution in [0.2, 0.25) is 37.3 Å². The monoisotopic (exact) mass is 351 g/mol. The second-order valence-electron chi connectivity index (χ2n) is 8.04. The molecule has 0 amide bonds. The van der Waals surface area contributed by atoms with Crippen LogP contribution in [0, 0.1) is 0 Å². The highest BCUT2D eigenvalue weighted by Crippen LogP contribution is 2.21. The van der Waals surface area contributed by atoms with Gasteiger partial charge in [-0.05, 0) is 57.1 Å². The second kappa shape index (κ2) is 8.17. The van der Waals surface area contributed by atoms with Gasteiger partial charge in [-0.15, -0.1) is 0 Å². The normalized spacial score (nSPS) is 17.1. The summed E-state index contributed by atoms with van der Waals surface area (Å²) in [6, 6.07) is 9.96. The molecule has 1 aromatic heterocycles. The summed E-state index contributed by atoms with van der Waals surface area (Å²) in [6.45, 7) is 16.0. The van der Waals surface area contributed by atoms with Crippen molar-refractivity contribution in [3.05, 3.63) is 12.1 Å². The van der Waals surface area contributed by atoms with Crippen molar-refractivity contribution in [2.45, 2.75) is 77.3 Å². The lowest BCUT2D eigenvalue weighted by Crippen LogP contribution is -2.47. The van der Waals surface area contributed by atoms with Crippen LogP contribution in [0.1, 0.15) is 40.0 Å². The van der Waals surface area contributed by atoms with Crippen molar-refractivity contribution in [1.29, 1.82) is 0 Å². The standard InChI is InChI=1S/C19H37NOSi2/c1-6-23(7-2,8-3)19-13-12-18(21-19)22(4,5)17-11-16-20-14-9-10-15-20/h12-13H,6-11,14-17H2,1-5H3. The van der Waals surface area contributed by atoms with E-state index < -0.39 is 16.1 Å². The molecule has 23 heavy (non-hydrogen) atoms. The maximum atomic E-state index is 6.52. The number of hydrogen-bond acceptors (Lipinski definition) is 2. The van der Waals surface area contributed by atoms with Gasteiger partial charge in [0, 0.05) is 0 Å². The maximum Gasteiger partial charge on any atom is 0.131 e. The molecule has 0 unspecified atom stereocenters. The Balaban J connectivity index is 1.99. The number of likely N-dealkylation sites (tertiary alicyclic amines) is 1. The molecule has 0 atom stereocenters. The summed E-state index contributed by atoms with van der Waals surface area (Å²) in [5, 5.41) is 2.72. The summed E-state index contributed by atoms with van der Waals surface area (Å²) in [5.41, 5.74) is 0. The van der Waals surface area contributed by atoms with Crippen molar-refractivity contribution in [3.8, 4) is 0 Å². The van der Waals surface area contributed by atoms with Crippen LogP contribution in [-0.4, -0.2) is 40.7 Å². The molecule has 1 aliphatic rings. The van der Waals surface area contributed by atoms with Gasteiger partial charge in [-0.3, -0.25) is 0 Å². The topological polar surface area (TPSA) is 16.4 Å². The summed E-state index contributed by atoms with van der Waals surface area (Å²) >= 11 is 0. The van der Waals surface area contributed by atoms with Crippen LogP contribution in [0.5, 0.6) is 0 Å². The molecular weight excluding hydrogens is 314 g/mol. The molecular formula is C19H37NOSi2. The predicted octanol–water partition coefficient (Wildman–Crippen LogP) is 4.40. The molecule has 0 spiro atoms. The Bertz CT molecular complexity index is 465. The highest BCUT2D eigenvalue weighted by Gasteiger charge is 2.35. The molecule has 132 valence electrons. The molecule has 0 saturated carbocycles. The van der Waals surface area contributed by atoms with Gasteiger partial charge in [0.05, 0.1) is 10.8 Å². The van der Waals surface area contributed by atoms with Gasteiger partial charge in [0.2, 0.25) is 0 Å². The minimum atomic E-state index is -1.42. The summed E-state index contributed by atoms with van der Waals surface area (Å²) < 4.78 is 6.52. The first-order valence-electron chi connectivity index (χ1n) is 9.80. The van der Waals surface area contributed by atoms with Crippen LogP contribution >= 0.6 is 0 Å². The largest absolute Gasteiger partial charge is 0.476 e. The van der Waals surface area contributed by atoms with Crippen molar-refractivity contribution in [2.75, 3.05) is 19.6 Å². The van der Waals surface area contributed by atoms with E-state index in [9.17, 15) is 0 Å². The summed E-state index contributed by atoms with van der Waals surface area (Å²) in [4.78, 5) is 2.64. The first-order valence-corrected chi connectivity index (χ1v) is 15.6. The fourth-order valence-electron chi connectivity index (χ4n) is 4.13. The van der Waals surface area contributed by atoms with Gasteiger partial charge in [-0.25, -0.2) is 0 Å². The molecule has 1 aliphatic heterocycles.